The number of amides is 1. The molecule has 3 heterocycles. The smallest absolute Gasteiger partial charge is 0.226 e. The first-order valence-electron chi connectivity index (χ1n) is 7.93. The van der Waals surface area contributed by atoms with Crippen molar-refractivity contribution in [2.75, 3.05) is 5.32 Å². The second-order valence-electron chi connectivity index (χ2n) is 5.81. The SMILES string of the molecule is Cc1nc2c3ccccc3nn2c(C)c1CCC(=O)Nc1nncs1. The second kappa shape index (κ2) is 6.21. The zero-order chi connectivity index (χ0) is 17.4. The number of aryl methyl sites for hydroxylation is 2. The number of anilines is 1. The van der Waals surface area contributed by atoms with Crippen LogP contribution in [0.1, 0.15) is 23.4 Å². The quantitative estimate of drug-likeness (QED) is 0.610. The number of nitrogens with one attached hydrogen (secondary N) is 1. The van der Waals surface area contributed by atoms with Crippen molar-refractivity contribution in [3.8, 4) is 0 Å². The number of hydrogen-bond donors (Lipinski definition) is 1. The van der Waals surface area contributed by atoms with Crippen LogP contribution < -0.4 is 5.32 Å². The Morgan fingerprint density at radius 1 is 1.28 bits per heavy atom. The van der Waals surface area contributed by atoms with Gasteiger partial charge in [0.25, 0.3) is 0 Å². The molecule has 4 aromatic rings. The third-order valence-electron chi connectivity index (χ3n) is 4.23. The maximum absolute atomic E-state index is 12.1. The van der Waals surface area contributed by atoms with Crippen molar-refractivity contribution in [1.82, 2.24) is 24.8 Å². The highest BCUT2D eigenvalue weighted by Crippen LogP contribution is 2.23. The molecule has 0 bridgehead atoms. The van der Waals surface area contributed by atoms with Crippen molar-refractivity contribution in [2.45, 2.75) is 26.7 Å². The Bertz CT molecular complexity index is 1070. The maximum Gasteiger partial charge on any atom is 0.226 e. The van der Waals surface area contributed by atoms with Crippen molar-refractivity contribution >= 4 is 38.9 Å². The van der Waals surface area contributed by atoms with Crippen molar-refractivity contribution in [3.05, 3.63) is 46.7 Å². The molecular formula is C17H16N6OS. The van der Waals surface area contributed by atoms with E-state index in [4.69, 9.17) is 4.98 Å². The Hall–Kier alpha value is -2.87. The molecule has 0 saturated carbocycles. The van der Waals surface area contributed by atoms with E-state index < -0.39 is 0 Å². The van der Waals surface area contributed by atoms with Gasteiger partial charge in [0, 0.05) is 23.2 Å². The summed E-state index contributed by atoms with van der Waals surface area (Å²) in [6.45, 7) is 4.00. The van der Waals surface area contributed by atoms with Gasteiger partial charge in [-0.2, -0.15) is 5.10 Å². The lowest BCUT2D eigenvalue weighted by atomic mass is 10.1. The van der Waals surface area contributed by atoms with E-state index in [1.54, 1.807) is 5.51 Å². The van der Waals surface area contributed by atoms with E-state index in [1.165, 1.54) is 11.3 Å². The zero-order valence-electron chi connectivity index (χ0n) is 13.9. The van der Waals surface area contributed by atoms with E-state index in [0.29, 0.717) is 18.0 Å². The van der Waals surface area contributed by atoms with Crippen molar-refractivity contribution < 1.29 is 4.79 Å². The molecule has 0 aliphatic carbocycles. The summed E-state index contributed by atoms with van der Waals surface area (Å²) in [6.07, 6.45) is 0.955. The van der Waals surface area contributed by atoms with E-state index in [2.05, 4.69) is 20.6 Å². The normalized spacial score (nSPS) is 11.3. The topological polar surface area (TPSA) is 85.1 Å². The maximum atomic E-state index is 12.1. The van der Waals surface area contributed by atoms with Gasteiger partial charge in [-0.15, -0.1) is 10.2 Å². The fourth-order valence-electron chi connectivity index (χ4n) is 2.99. The van der Waals surface area contributed by atoms with Gasteiger partial charge in [-0.25, -0.2) is 9.50 Å². The lowest BCUT2D eigenvalue weighted by molar-refractivity contribution is -0.116. The molecule has 1 N–H and O–H groups in total. The van der Waals surface area contributed by atoms with Gasteiger partial charge in [0.1, 0.15) is 5.51 Å². The molecule has 1 aromatic carbocycles. The molecule has 0 spiro atoms. The Morgan fingerprint density at radius 3 is 2.92 bits per heavy atom. The third kappa shape index (κ3) is 2.85. The molecule has 0 unspecified atom stereocenters. The average Bonchev–Trinajstić information content (AvgIpc) is 3.22. The number of hydrogen-bond acceptors (Lipinski definition) is 6. The van der Waals surface area contributed by atoms with Gasteiger partial charge in [-0.1, -0.05) is 23.5 Å². The summed E-state index contributed by atoms with van der Waals surface area (Å²) in [6, 6.07) is 7.96. The minimum atomic E-state index is -0.0822. The molecule has 126 valence electrons. The van der Waals surface area contributed by atoms with Crippen LogP contribution in [0, 0.1) is 13.8 Å². The molecule has 0 aliphatic rings. The molecule has 0 atom stereocenters. The Kier molecular flexibility index (Phi) is 3.89. The first kappa shape index (κ1) is 15.6. The van der Waals surface area contributed by atoms with Crippen LogP contribution in [-0.4, -0.2) is 30.7 Å². The summed E-state index contributed by atoms with van der Waals surface area (Å²) >= 11 is 1.30. The average molecular weight is 352 g/mol. The fraction of sp³-hybridized carbons (Fsp3) is 0.235. The number of fused-ring (bicyclic) bond motifs is 3. The fourth-order valence-corrected chi connectivity index (χ4v) is 3.45. The van der Waals surface area contributed by atoms with E-state index >= 15 is 0 Å². The van der Waals surface area contributed by atoms with Crippen molar-refractivity contribution in [3.63, 3.8) is 0 Å². The predicted molar refractivity (Wildman–Crippen MR) is 96.8 cm³/mol. The molecular weight excluding hydrogens is 336 g/mol. The lowest BCUT2D eigenvalue weighted by Gasteiger charge is -2.10. The molecule has 0 aliphatic heterocycles. The van der Waals surface area contributed by atoms with E-state index in [-0.39, 0.29) is 5.91 Å². The van der Waals surface area contributed by atoms with Crippen LogP contribution in [0.25, 0.3) is 16.6 Å². The summed E-state index contributed by atoms with van der Waals surface area (Å²) in [7, 11) is 0. The van der Waals surface area contributed by atoms with E-state index in [0.717, 1.165) is 33.5 Å². The largest absolute Gasteiger partial charge is 0.301 e. The molecule has 25 heavy (non-hydrogen) atoms. The highest BCUT2D eigenvalue weighted by Gasteiger charge is 2.15. The second-order valence-corrected chi connectivity index (χ2v) is 6.64. The van der Waals surface area contributed by atoms with Crippen molar-refractivity contribution in [1.29, 1.82) is 0 Å². The molecule has 4 rings (SSSR count). The Labute approximate surface area is 147 Å². The lowest BCUT2D eigenvalue weighted by Crippen LogP contribution is -2.14. The summed E-state index contributed by atoms with van der Waals surface area (Å²) in [4.78, 5) is 16.8. The molecule has 0 saturated heterocycles. The third-order valence-corrected chi connectivity index (χ3v) is 4.83. The van der Waals surface area contributed by atoms with Gasteiger partial charge in [-0.3, -0.25) is 4.79 Å². The van der Waals surface area contributed by atoms with Crippen LogP contribution in [0.3, 0.4) is 0 Å². The van der Waals surface area contributed by atoms with Crippen LogP contribution in [0.15, 0.2) is 29.8 Å². The van der Waals surface area contributed by atoms with Gasteiger partial charge in [0.05, 0.1) is 5.52 Å². The molecule has 7 nitrogen and oxygen atoms in total. The highest BCUT2D eigenvalue weighted by molar-refractivity contribution is 7.13. The molecule has 0 fully saturated rings. The monoisotopic (exact) mass is 352 g/mol. The van der Waals surface area contributed by atoms with Crippen LogP contribution in [0.4, 0.5) is 5.13 Å². The summed E-state index contributed by atoms with van der Waals surface area (Å²) in [5.74, 6) is -0.0822. The standard InChI is InChI=1S/C17H16N6OS/c1-10-12(7-8-15(24)20-17-21-18-9-25-17)11(2)23-16(19-10)13-5-3-4-6-14(13)22-23/h3-6,9H,7-8H2,1-2H3,(H,20,21,24). The Balaban J connectivity index is 1.63. The summed E-state index contributed by atoms with van der Waals surface area (Å²) < 4.78 is 1.87. The predicted octanol–water partition coefficient (Wildman–Crippen LogP) is 2.92. The number of nitrogens with zero attached hydrogens (tertiary/aromatic N) is 5. The van der Waals surface area contributed by atoms with Crippen molar-refractivity contribution in [2.24, 2.45) is 0 Å². The van der Waals surface area contributed by atoms with Gasteiger partial charge in [-0.05, 0) is 38.0 Å². The van der Waals surface area contributed by atoms with Crippen LogP contribution in [-0.2, 0) is 11.2 Å². The van der Waals surface area contributed by atoms with Gasteiger partial charge in [0.2, 0.25) is 11.0 Å². The highest BCUT2D eigenvalue weighted by atomic mass is 32.1. The first-order chi connectivity index (χ1) is 12.1. The van der Waals surface area contributed by atoms with Crippen LogP contribution in [0.2, 0.25) is 0 Å². The van der Waals surface area contributed by atoms with Gasteiger partial charge < -0.3 is 5.32 Å². The number of carbonyl (C=O) groups is 1. The summed E-state index contributed by atoms with van der Waals surface area (Å²) in [5, 5.41) is 16.5. The van der Waals surface area contributed by atoms with E-state index in [1.807, 2.05) is 42.6 Å². The number of aromatic nitrogens is 5. The molecule has 1 amide bonds. The number of benzene rings is 1. The molecule has 3 aromatic heterocycles. The van der Waals surface area contributed by atoms with Gasteiger partial charge in [0.15, 0.2) is 5.65 Å². The molecule has 8 heteroatoms. The summed E-state index contributed by atoms with van der Waals surface area (Å²) in [5.41, 5.74) is 6.36. The number of carbonyl (C=O) groups excluding carboxylic acids is 1. The minimum absolute atomic E-state index is 0.0822. The van der Waals surface area contributed by atoms with Crippen LogP contribution >= 0.6 is 11.3 Å². The van der Waals surface area contributed by atoms with Gasteiger partial charge >= 0.3 is 0 Å². The molecule has 0 radical (unpaired) electrons. The van der Waals surface area contributed by atoms with E-state index in [9.17, 15) is 4.79 Å². The zero-order valence-corrected chi connectivity index (χ0v) is 14.7. The van der Waals surface area contributed by atoms with Crippen LogP contribution in [0.5, 0.6) is 0 Å². The minimum Gasteiger partial charge on any atom is -0.301 e. The number of rotatable bonds is 4. The first-order valence-corrected chi connectivity index (χ1v) is 8.81. The Morgan fingerprint density at radius 2 is 2.12 bits per heavy atom.